The smallest absolute Gasteiger partial charge is 0.321 e. The Morgan fingerprint density at radius 2 is 2.20 bits per heavy atom. The van der Waals surface area contributed by atoms with E-state index in [4.69, 9.17) is 4.52 Å². The number of likely N-dealkylation sites (tertiary alicyclic amines) is 1. The fourth-order valence-electron chi connectivity index (χ4n) is 1.71. The Morgan fingerprint density at radius 1 is 1.47 bits per heavy atom. The molecule has 1 fully saturated rings. The lowest BCUT2D eigenvalue weighted by Crippen LogP contribution is -2.38. The van der Waals surface area contributed by atoms with Gasteiger partial charge in [-0.2, -0.15) is 0 Å². The van der Waals surface area contributed by atoms with Crippen molar-refractivity contribution in [1.82, 2.24) is 10.1 Å². The summed E-state index contributed by atoms with van der Waals surface area (Å²) in [5, 5.41) is 6.40. The quantitative estimate of drug-likeness (QED) is 0.769. The van der Waals surface area contributed by atoms with Gasteiger partial charge >= 0.3 is 6.03 Å². The summed E-state index contributed by atoms with van der Waals surface area (Å²) in [6.07, 6.45) is 4.93. The fourth-order valence-corrected chi connectivity index (χ4v) is 1.71. The van der Waals surface area contributed by atoms with Crippen molar-refractivity contribution in [3.63, 3.8) is 0 Å². The van der Waals surface area contributed by atoms with Crippen LogP contribution >= 0.6 is 0 Å². The van der Waals surface area contributed by atoms with Gasteiger partial charge in [0.2, 0.25) is 0 Å². The van der Waals surface area contributed by atoms with Crippen LogP contribution in [0.5, 0.6) is 0 Å². The summed E-state index contributed by atoms with van der Waals surface area (Å²) in [6.45, 7) is 3.46. The number of nitrogens with zero attached hydrogens (tertiary/aromatic N) is 2. The summed E-state index contributed by atoms with van der Waals surface area (Å²) in [5.74, 6) is 0.639. The van der Waals surface area contributed by atoms with Crippen LogP contribution in [0.1, 0.15) is 25.0 Å². The molecule has 5 heteroatoms. The molecule has 1 aliphatic heterocycles. The van der Waals surface area contributed by atoms with Crippen molar-refractivity contribution >= 4 is 11.7 Å². The second-order valence-electron chi connectivity index (χ2n) is 3.77. The van der Waals surface area contributed by atoms with Gasteiger partial charge in [0.15, 0.2) is 5.76 Å². The van der Waals surface area contributed by atoms with Gasteiger partial charge in [0.25, 0.3) is 0 Å². The van der Waals surface area contributed by atoms with Crippen LogP contribution in [-0.4, -0.2) is 29.2 Å². The van der Waals surface area contributed by atoms with Crippen molar-refractivity contribution < 1.29 is 9.32 Å². The highest BCUT2D eigenvalue weighted by atomic mass is 16.5. The lowest BCUT2D eigenvalue weighted by atomic mass is 10.1. The molecule has 1 N–H and O–H groups in total. The number of rotatable bonds is 1. The summed E-state index contributed by atoms with van der Waals surface area (Å²) in [5.41, 5.74) is 0.658. The van der Waals surface area contributed by atoms with Crippen LogP contribution in [0.2, 0.25) is 0 Å². The second-order valence-corrected chi connectivity index (χ2v) is 3.77. The van der Waals surface area contributed by atoms with Crippen molar-refractivity contribution in [2.75, 3.05) is 18.4 Å². The predicted octanol–water partition coefficient (Wildman–Crippen LogP) is 2.00. The molecule has 1 aromatic rings. The highest BCUT2D eigenvalue weighted by molar-refractivity contribution is 5.89. The molecule has 5 nitrogen and oxygen atoms in total. The van der Waals surface area contributed by atoms with Gasteiger partial charge in [0, 0.05) is 13.1 Å². The largest absolute Gasteiger partial charge is 0.359 e. The van der Waals surface area contributed by atoms with Crippen molar-refractivity contribution in [3.8, 4) is 0 Å². The molecule has 0 bridgehead atoms. The van der Waals surface area contributed by atoms with Crippen LogP contribution in [0, 0.1) is 6.92 Å². The van der Waals surface area contributed by atoms with Gasteiger partial charge in [-0.1, -0.05) is 5.16 Å². The van der Waals surface area contributed by atoms with E-state index in [9.17, 15) is 4.79 Å². The van der Waals surface area contributed by atoms with E-state index in [2.05, 4.69) is 10.5 Å². The molecule has 1 saturated heterocycles. The van der Waals surface area contributed by atoms with Crippen LogP contribution in [0.25, 0.3) is 0 Å². The summed E-state index contributed by atoms with van der Waals surface area (Å²) < 4.78 is 4.87. The molecule has 0 atom stereocenters. The molecule has 2 amide bonds. The van der Waals surface area contributed by atoms with Crippen molar-refractivity contribution in [1.29, 1.82) is 0 Å². The van der Waals surface area contributed by atoms with Crippen LogP contribution in [0.4, 0.5) is 10.5 Å². The monoisotopic (exact) mass is 209 g/mol. The number of amides is 2. The molecule has 15 heavy (non-hydrogen) atoms. The van der Waals surface area contributed by atoms with Gasteiger partial charge in [0.1, 0.15) is 5.69 Å². The van der Waals surface area contributed by atoms with Gasteiger partial charge in [-0.05, 0) is 26.2 Å². The summed E-state index contributed by atoms with van der Waals surface area (Å²) in [7, 11) is 0. The maximum Gasteiger partial charge on any atom is 0.321 e. The Morgan fingerprint density at radius 3 is 2.80 bits per heavy atom. The number of nitrogens with one attached hydrogen (secondary N) is 1. The average molecular weight is 209 g/mol. The number of aromatic nitrogens is 1. The van der Waals surface area contributed by atoms with E-state index >= 15 is 0 Å². The van der Waals surface area contributed by atoms with Gasteiger partial charge in [0.05, 0.1) is 6.20 Å². The molecule has 0 aromatic carbocycles. The van der Waals surface area contributed by atoms with E-state index in [0.29, 0.717) is 11.4 Å². The van der Waals surface area contributed by atoms with E-state index in [1.807, 2.05) is 4.90 Å². The molecule has 1 aliphatic rings. The number of urea groups is 1. The number of carbonyl (C=O) groups excluding carboxylic acids is 1. The zero-order chi connectivity index (χ0) is 10.7. The van der Waals surface area contributed by atoms with Crippen LogP contribution < -0.4 is 5.32 Å². The van der Waals surface area contributed by atoms with Gasteiger partial charge < -0.3 is 14.7 Å². The number of aryl methyl sites for hydroxylation is 1. The Balaban J connectivity index is 1.94. The van der Waals surface area contributed by atoms with E-state index in [0.717, 1.165) is 25.9 Å². The fraction of sp³-hybridized carbons (Fsp3) is 0.600. The minimum atomic E-state index is -0.0546. The first kappa shape index (κ1) is 10.0. The highest BCUT2D eigenvalue weighted by Gasteiger charge is 2.17. The molecule has 0 radical (unpaired) electrons. The third kappa shape index (κ3) is 2.29. The zero-order valence-corrected chi connectivity index (χ0v) is 8.82. The lowest BCUT2D eigenvalue weighted by Gasteiger charge is -2.26. The topological polar surface area (TPSA) is 58.4 Å². The van der Waals surface area contributed by atoms with Crippen molar-refractivity contribution in [2.45, 2.75) is 26.2 Å². The maximum absolute atomic E-state index is 11.8. The third-order valence-electron chi connectivity index (χ3n) is 2.64. The predicted molar refractivity (Wildman–Crippen MR) is 55.7 cm³/mol. The Labute approximate surface area is 88.4 Å². The van der Waals surface area contributed by atoms with Gasteiger partial charge in [-0.25, -0.2) is 4.79 Å². The molecule has 2 rings (SSSR count). The molecule has 1 aromatic heterocycles. The minimum Gasteiger partial charge on any atom is -0.359 e. The summed E-state index contributed by atoms with van der Waals surface area (Å²) in [6, 6.07) is -0.0546. The van der Waals surface area contributed by atoms with Gasteiger partial charge in [-0.15, -0.1) is 0 Å². The average Bonchev–Trinajstić information content (AvgIpc) is 2.66. The summed E-state index contributed by atoms with van der Waals surface area (Å²) in [4.78, 5) is 13.6. The normalized spacial score (nSPS) is 16.5. The Kier molecular flexibility index (Phi) is 2.89. The van der Waals surface area contributed by atoms with Crippen LogP contribution in [0.15, 0.2) is 10.7 Å². The third-order valence-corrected chi connectivity index (χ3v) is 2.64. The molecule has 0 aliphatic carbocycles. The number of piperidine rings is 1. The van der Waals surface area contributed by atoms with E-state index in [1.165, 1.54) is 12.6 Å². The molecular formula is C10H15N3O2. The van der Waals surface area contributed by atoms with E-state index < -0.39 is 0 Å². The highest BCUT2D eigenvalue weighted by Crippen LogP contribution is 2.15. The summed E-state index contributed by atoms with van der Waals surface area (Å²) >= 11 is 0. The molecule has 82 valence electrons. The van der Waals surface area contributed by atoms with E-state index in [1.54, 1.807) is 6.92 Å². The molecule has 2 heterocycles. The first-order valence-corrected chi connectivity index (χ1v) is 5.24. The minimum absolute atomic E-state index is 0.0546. The van der Waals surface area contributed by atoms with Crippen LogP contribution in [-0.2, 0) is 0 Å². The van der Waals surface area contributed by atoms with E-state index in [-0.39, 0.29) is 6.03 Å². The standard InChI is InChI=1S/C10H15N3O2/c1-8-9(7-11-15-8)12-10(14)13-5-3-2-4-6-13/h7H,2-6H2,1H3,(H,12,14). The Hall–Kier alpha value is -1.52. The first-order chi connectivity index (χ1) is 7.27. The number of hydrogen-bond acceptors (Lipinski definition) is 3. The van der Waals surface area contributed by atoms with Crippen molar-refractivity contribution in [3.05, 3.63) is 12.0 Å². The number of anilines is 1. The maximum atomic E-state index is 11.8. The lowest BCUT2D eigenvalue weighted by molar-refractivity contribution is 0.200. The zero-order valence-electron chi connectivity index (χ0n) is 8.82. The second kappa shape index (κ2) is 4.33. The van der Waals surface area contributed by atoms with Crippen LogP contribution in [0.3, 0.4) is 0 Å². The molecule has 0 spiro atoms. The first-order valence-electron chi connectivity index (χ1n) is 5.24. The SMILES string of the molecule is Cc1oncc1NC(=O)N1CCCCC1. The molecule has 0 saturated carbocycles. The molecule has 0 unspecified atom stereocenters. The van der Waals surface area contributed by atoms with Gasteiger partial charge in [-0.3, -0.25) is 0 Å². The Bertz CT molecular complexity index is 342. The van der Waals surface area contributed by atoms with Crippen molar-refractivity contribution in [2.24, 2.45) is 0 Å². The number of hydrogen-bond donors (Lipinski definition) is 1. The number of carbonyl (C=O) groups is 1. The molecular weight excluding hydrogens is 194 g/mol.